The molecule has 0 aliphatic carbocycles. The zero-order valence-corrected chi connectivity index (χ0v) is 15.7. The van der Waals surface area contributed by atoms with Crippen LogP contribution in [0, 0.1) is 20.2 Å². The van der Waals surface area contributed by atoms with Crippen LogP contribution < -0.4 is 15.8 Å². The molecular weight excluding hydrogens is 390 g/mol. The molecule has 3 N–H and O–H groups in total. The lowest BCUT2D eigenvalue weighted by atomic mass is 10.1. The molecule has 1 heterocycles. The maximum absolute atomic E-state index is 11.2. The molecule has 0 unspecified atom stereocenters. The maximum Gasteiger partial charge on any atom is 0.271 e. The number of ether oxygens (including phenoxy) is 1. The van der Waals surface area contributed by atoms with Gasteiger partial charge in [0.1, 0.15) is 5.75 Å². The third-order valence-corrected chi connectivity index (χ3v) is 4.67. The largest absolute Gasteiger partial charge is 0.495 e. The number of nitro benzene ring substituents is 2. The van der Waals surface area contributed by atoms with Crippen LogP contribution in [-0.4, -0.2) is 21.9 Å². The Kier molecular flexibility index (Phi) is 4.51. The second-order valence-corrected chi connectivity index (χ2v) is 6.49. The van der Waals surface area contributed by atoms with Crippen molar-refractivity contribution in [1.82, 2.24) is 4.98 Å². The van der Waals surface area contributed by atoms with Crippen LogP contribution in [0.5, 0.6) is 5.75 Å². The van der Waals surface area contributed by atoms with Gasteiger partial charge in [-0.25, -0.2) is 4.98 Å². The molecule has 30 heavy (non-hydrogen) atoms. The van der Waals surface area contributed by atoms with Gasteiger partial charge in [0.25, 0.3) is 11.4 Å². The van der Waals surface area contributed by atoms with Gasteiger partial charge in [0.15, 0.2) is 0 Å². The lowest BCUT2D eigenvalue weighted by molar-refractivity contribution is -0.384. The van der Waals surface area contributed by atoms with Crippen molar-refractivity contribution in [1.29, 1.82) is 0 Å². The first kappa shape index (κ1) is 18.9. The molecule has 10 nitrogen and oxygen atoms in total. The molecule has 3 aromatic carbocycles. The number of nitro groups is 2. The maximum atomic E-state index is 11.2. The minimum atomic E-state index is -0.517. The van der Waals surface area contributed by atoms with Gasteiger partial charge in [-0.05, 0) is 24.3 Å². The number of aromatic nitrogens is 1. The second kappa shape index (κ2) is 7.17. The highest BCUT2D eigenvalue weighted by molar-refractivity contribution is 6.09. The van der Waals surface area contributed by atoms with E-state index < -0.39 is 9.85 Å². The van der Waals surface area contributed by atoms with Gasteiger partial charge >= 0.3 is 0 Å². The van der Waals surface area contributed by atoms with Crippen LogP contribution in [0.2, 0.25) is 0 Å². The monoisotopic (exact) mass is 405 g/mol. The number of anilines is 3. The molecule has 1 aromatic heterocycles. The van der Waals surface area contributed by atoms with E-state index in [1.54, 1.807) is 30.3 Å². The predicted octanol–water partition coefficient (Wildman–Crippen LogP) is 4.54. The van der Waals surface area contributed by atoms with Gasteiger partial charge in [-0.1, -0.05) is 0 Å². The standard InChI is InChI=1S/C20H15N5O5/c1-30-19-8-11(2-7-16(19)21)22-20-14-5-3-12(24(26)27)9-17(14)23-18-10-13(25(28)29)4-6-15(18)20/h2-10H,21H2,1H3,(H,22,23). The number of nitrogens with one attached hydrogen (secondary N) is 1. The van der Waals surface area contributed by atoms with Crippen LogP contribution in [0.1, 0.15) is 0 Å². The van der Waals surface area contributed by atoms with Gasteiger partial charge in [0.05, 0.1) is 39.4 Å². The summed E-state index contributed by atoms with van der Waals surface area (Å²) in [6.45, 7) is 0. The van der Waals surface area contributed by atoms with E-state index in [0.717, 1.165) is 0 Å². The number of nitrogens with two attached hydrogens (primary N) is 1. The van der Waals surface area contributed by atoms with E-state index in [1.165, 1.54) is 31.4 Å². The van der Waals surface area contributed by atoms with Gasteiger partial charge in [0, 0.05) is 46.8 Å². The summed E-state index contributed by atoms with van der Waals surface area (Å²) < 4.78 is 5.26. The third kappa shape index (κ3) is 3.26. The van der Waals surface area contributed by atoms with Crippen LogP contribution in [-0.2, 0) is 0 Å². The van der Waals surface area contributed by atoms with Crippen molar-refractivity contribution < 1.29 is 14.6 Å². The van der Waals surface area contributed by atoms with E-state index in [9.17, 15) is 20.2 Å². The summed E-state index contributed by atoms with van der Waals surface area (Å²) in [4.78, 5) is 25.7. The molecule has 0 saturated heterocycles. The Hall–Kier alpha value is -4.47. The van der Waals surface area contributed by atoms with Crippen molar-refractivity contribution >= 4 is 50.2 Å². The van der Waals surface area contributed by atoms with Crippen molar-refractivity contribution in [2.24, 2.45) is 0 Å². The van der Waals surface area contributed by atoms with Crippen LogP contribution in [0.25, 0.3) is 21.8 Å². The van der Waals surface area contributed by atoms with Crippen molar-refractivity contribution in [3.63, 3.8) is 0 Å². The minimum Gasteiger partial charge on any atom is -0.495 e. The number of hydrogen-bond donors (Lipinski definition) is 2. The fourth-order valence-corrected chi connectivity index (χ4v) is 3.22. The number of methoxy groups -OCH3 is 1. The highest BCUT2D eigenvalue weighted by Gasteiger charge is 2.16. The third-order valence-electron chi connectivity index (χ3n) is 4.67. The summed E-state index contributed by atoms with van der Waals surface area (Å²) >= 11 is 0. The van der Waals surface area contributed by atoms with E-state index in [-0.39, 0.29) is 11.4 Å². The Bertz CT molecular complexity index is 1270. The molecule has 150 valence electrons. The summed E-state index contributed by atoms with van der Waals surface area (Å²) in [5.41, 5.74) is 8.03. The number of nitrogens with zero attached hydrogens (tertiary/aromatic N) is 3. The van der Waals surface area contributed by atoms with E-state index in [4.69, 9.17) is 10.5 Å². The molecule has 0 saturated carbocycles. The summed E-state index contributed by atoms with van der Waals surface area (Å²) in [6.07, 6.45) is 0. The Morgan fingerprint density at radius 3 is 1.97 bits per heavy atom. The molecule has 0 aliphatic rings. The second-order valence-electron chi connectivity index (χ2n) is 6.49. The molecule has 0 spiro atoms. The highest BCUT2D eigenvalue weighted by atomic mass is 16.6. The Labute approximate surface area is 169 Å². The zero-order valence-electron chi connectivity index (χ0n) is 15.7. The first-order valence-electron chi connectivity index (χ1n) is 8.74. The summed E-state index contributed by atoms with van der Waals surface area (Å²) in [6, 6.07) is 13.8. The molecule has 0 amide bonds. The van der Waals surface area contributed by atoms with E-state index >= 15 is 0 Å². The fraction of sp³-hybridized carbons (Fsp3) is 0.0500. The smallest absolute Gasteiger partial charge is 0.271 e. The number of hydrogen-bond acceptors (Lipinski definition) is 8. The Balaban J connectivity index is 1.98. The molecule has 0 radical (unpaired) electrons. The van der Waals surface area contributed by atoms with E-state index in [2.05, 4.69) is 10.3 Å². The van der Waals surface area contributed by atoms with Crippen LogP contribution in [0.4, 0.5) is 28.4 Å². The molecule has 10 heteroatoms. The highest BCUT2D eigenvalue weighted by Crippen LogP contribution is 2.37. The molecule has 0 atom stereocenters. The van der Waals surface area contributed by atoms with Crippen LogP contribution in [0.15, 0.2) is 54.6 Å². The molecule has 0 bridgehead atoms. The average Bonchev–Trinajstić information content (AvgIpc) is 2.73. The summed E-state index contributed by atoms with van der Waals surface area (Å²) in [5, 5.41) is 26.9. The van der Waals surface area contributed by atoms with E-state index in [1.807, 2.05) is 0 Å². The zero-order chi connectivity index (χ0) is 21.4. The molecule has 4 aromatic rings. The lowest BCUT2D eigenvalue weighted by Gasteiger charge is -2.14. The summed E-state index contributed by atoms with van der Waals surface area (Å²) in [5.74, 6) is 0.481. The van der Waals surface area contributed by atoms with Gasteiger partial charge in [-0.15, -0.1) is 0 Å². The van der Waals surface area contributed by atoms with Gasteiger partial charge < -0.3 is 15.8 Å². The van der Waals surface area contributed by atoms with Gasteiger partial charge in [-0.3, -0.25) is 20.2 Å². The van der Waals surface area contributed by atoms with Gasteiger partial charge in [-0.2, -0.15) is 0 Å². The number of nitrogen functional groups attached to an aromatic ring is 1. The van der Waals surface area contributed by atoms with Crippen molar-refractivity contribution in [2.45, 2.75) is 0 Å². The number of rotatable bonds is 5. The first-order valence-corrected chi connectivity index (χ1v) is 8.74. The van der Waals surface area contributed by atoms with Crippen LogP contribution in [0.3, 0.4) is 0 Å². The Morgan fingerprint density at radius 2 is 1.47 bits per heavy atom. The topological polar surface area (TPSA) is 146 Å². The first-order chi connectivity index (χ1) is 14.4. The molecule has 0 fully saturated rings. The fourth-order valence-electron chi connectivity index (χ4n) is 3.22. The van der Waals surface area contributed by atoms with Crippen LogP contribution >= 0.6 is 0 Å². The summed E-state index contributed by atoms with van der Waals surface area (Å²) in [7, 11) is 1.50. The number of fused-ring (bicyclic) bond motifs is 2. The Morgan fingerprint density at radius 1 is 0.900 bits per heavy atom. The van der Waals surface area contributed by atoms with E-state index in [0.29, 0.717) is 44.6 Å². The van der Waals surface area contributed by atoms with Crippen molar-refractivity contribution in [2.75, 3.05) is 18.2 Å². The molecule has 4 rings (SSSR count). The minimum absolute atomic E-state index is 0.125. The van der Waals surface area contributed by atoms with Crippen molar-refractivity contribution in [3.05, 3.63) is 74.8 Å². The number of benzene rings is 3. The lowest BCUT2D eigenvalue weighted by Crippen LogP contribution is -1.99. The average molecular weight is 405 g/mol. The van der Waals surface area contributed by atoms with Gasteiger partial charge in [0.2, 0.25) is 0 Å². The molecular formula is C20H15N5O5. The van der Waals surface area contributed by atoms with Crippen molar-refractivity contribution in [3.8, 4) is 5.75 Å². The SMILES string of the molecule is COc1cc(Nc2c3ccc([N+](=O)[O-])cc3nc3cc([N+](=O)[O-])ccc23)ccc1N. The quantitative estimate of drug-likeness (QED) is 0.213. The predicted molar refractivity (Wildman–Crippen MR) is 113 cm³/mol. The number of pyridine rings is 1. The molecule has 0 aliphatic heterocycles. The number of non-ortho nitro benzene ring substituents is 2. The normalized spacial score (nSPS) is 10.8.